The summed E-state index contributed by atoms with van der Waals surface area (Å²) < 4.78 is 23.3. The number of pyridine rings is 1. The third-order valence-corrected chi connectivity index (χ3v) is 2.16. The number of rotatable bonds is 3. The number of hydrogen-bond acceptors (Lipinski definition) is 3. The van der Waals surface area contributed by atoms with Crippen LogP contribution in [-0.2, 0) is 16.8 Å². The molecule has 0 fully saturated rings. The predicted octanol–water partition coefficient (Wildman–Crippen LogP) is -0.317. The first-order chi connectivity index (χ1) is 5.99. The van der Waals surface area contributed by atoms with Crippen molar-refractivity contribution in [2.45, 2.75) is 13.5 Å². The Morgan fingerprint density at radius 3 is 2.85 bits per heavy atom. The highest BCUT2D eigenvalue weighted by Gasteiger charge is 2.02. The monoisotopic (exact) mass is 201 g/mol. The molecule has 0 aliphatic rings. The normalized spacial score (nSPS) is 11.5. The second-order valence-corrected chi connectivity index (χ2v) is 4.05. The van der Waals surface area contributed by atoms with Crippen LogP contribution in [0, 0.1) is 6.92 Å². The highest BCUT2D eigenvalue weighted by molar-refractivity contribution is 7.87. The molecule has 1 aromatic rings. The van der Waals surface area contributed by atoms with Crippen molar-refractivity contribution in [2.75, 3.05) is 0 Å². The van der Waals surface area contributed by atoms with Crippen LogP contribution in [0.1, 0.15) is 11.1 Å². The lowest BCUT2D eigenvalue weighted by Crippen LogP contribution is -2.30. The Kier molecular flexibility index (Phi) is 2.97. The summed E-state index contributed by atoms with van der Waals surface area (Å²) in [7, 11) is -3.62. The molecule has 0 aliphatic carbocycles. The number of aromatic nitrogens is 1. The van der Waals surface area contributed by atoms with E-state index in [1.807, 2.05) is 6.92 Å². The van der Waals surface area contributed by atoms with Crippen molar-refractivity contribution in [2.24, 2.45) is 5.14 Å². The second-order valence-electron chi connectivity index (χ2n) is 2.67. The topological polar surface area (TPSA) is 85.1 Å². The minimum Gasteiger partial charge on any atom is -0.264 e. The van der Waals surface area contributed by atoms with Gasteiger partial charge in [-0.3, -0.25) is 4.98 Å². The van der Waals surface area contributed by atoms with E-state index in [1.165, 1.54) is 0 Å². The van der Waals surface area contributed by atoms with Gasteiger partial charge in [0.2, 0.25) is 0 Å². The fourth-order valence-corrected chi connectivity index (χ4v) is 1.22. The Morgan fingerprint density at radius 2 is 2.31 bits per heavy atom. The Morgan fingerprint density at radius 1 is 1.62 bits per heavy atom. The van der Waals surface area contributed by atoms with Gasteiger partial charge in [-0.15, -0.1) is 0 Å². The van der Waals surface area contributed by atoms with Gasteiger partial charge in [-0.25, -0.2) is 5.14 Å². The fraction of sp³-hybridized carbons (Fsp3) is 0.286. The molecule has 1 rings (SSSR count). The van der Waals surface area contributed by atoms with E-state index in [2.05, 4.69) is 9.71 Å². The van der Waals surface area contributed by atoms with Gasteiger partial charge >= 0.3 is 0 Å². The van der Waals surface area contributed by atoms with Crippen molar-refractivity contribution in [3.05, 3.63) is 29.6 Å². The minimum atomic E-state index is -3.62. The maximum Gasteiger partial charge on any atom is 0.274 e. The number of hydrogen-bond donors (Lipinski definition) is 2. The summed E-state index contributed by atoms with van der Waals surface area (Å²) in [6, 6.07) is 1.81. The SMILES string of the molecule is Cc1ccncc1CNS(N)(=O)=O. The molecule has 1 heterocycles. The van der Waals surface area contributed by atoms with Gasteiger partial charge in [0.1, 0.15) is 0 Å². The summed E-state index contributed by atoms with van der Waals surface area (Å²) in [5.74, 6) is 0. The Balaban J connectivity index is 2.71. The molecule has 0 unspecified atom stereocenters. The van der Waals surface area contributed by atoms with Crippen LogP contribution >= 0.6 is 0 Å². The Labute approximate surface area is 77.2 Å². The quantitative estimate of drug-likeness (QED) is 0.703. The summed E-state index contributed by atoms with van der Waals surface area (Å²) in [6.07, 6.45) is 3.25. The zero-order chi connectivity index (χ0) is 9.90. The standard InChI is InChI=1S/C7H11N3O2S/c1-6-2-3-9-4-7(6)5-10-13(8,11)12/h2-4,10H,5H2,1H3,(H2,8,11,12). The van der Waals surface area contributed by atoms with E-state index >= 15 is 0 Å². The van der Waals surface area contributed by atoms with E-state index in [-0.39, 0.29) is 6.54 Å². The van der Waals surface area contributed by atoms with Crippen molar-refractivity contribution in [3.8, 4) is 0 Å². The fourth-order valence-electron chi connectivity index (χ4n) is 0.860. The van der Waals surface area contributed by atoms with Gasteiger partial charge in [0.25, 0.3) is 10.2 Å². The molecule has 0 radical (unpaired) electrons. The average Bonchev–Trinajstić information content (AvgIpc) is 2.01. The number of aryl methyl sites for hydroxylation is 1. The van der Waals surface area contributed by atoms with E-state index in [4.69, 9.17) is 5.14 Å². The van der Waals surface area contributed by atoms with Crippen LogP contribution in [0.15, 0.2) is 18.5 Å². The third kappa shape index (κ3) is 3.49. The van der Waals surface area contributed by atoms with E-state index < -0.39 is 10.2 Å². The van der Waals surface area contributed by atoms with E-state index in [0.29, 0.717) is 0 Å². The molecule has 0 bridgehead atoms. The summed E-state index contributed by atoms with van der Waals surface area (Å²) in [6.45, 7) is 2.06. The lowest BCUT2D eigenvalue weighted by Gasteiger charge is -2.04. The number of nitrogens with one attached hydrogen (secondary N) is 1. The van der Waals surface area contributed by atoms with Gasteiger partial charge in [0.05, 0.1) is 0 Å². The van der Waals surface area contributed by atoms with Crippen molar-refractivity contribution in [3.63, 3.8) is 0 Å². The predicted molar refractivity (Wildman–Crippen MR) is 48.9 cm³/mol. The van der Waals surface area contributed by atoms with E-state index in [1.54, 1.807) is 18.5 Å². The molecule has 3 N–H and O–H groups in total. The maximum atomic E-state index is 10.6. The van der Waals surface area contributed by atoms with E-state index in [0.717, 1.165) is 11.1 Å². The van der Waals surface area contributed by atoms with Crippen LogP contribution in [0.4, 0.5) is 0 Å². The summed E-state index contributed by atoms with van der Waals surface area (Å²) in [5.41, 5.74) is 1.79. The maximum absolute atomic E-state index is 10.6. The first-order valence-electron chi connectivity index (χ1n) is 3.66. The summed E-state index contributed by atoms with van der Waals surface area (Å²) >= 11 is 0. The molecule has 1 aromatic heterocycles. The van der Waals surface area contributed by atoms with Crippen LogP contribution in [-0.4, -0.2) is 13.4 Å². The minimum absolute atomic E-state index is 0.179. The zero-order valence-electron chi connectivity index (χ0n) is 7.19. The van der Waals surface area contributed by atoms with Crippen molar-refractivity contribution >= 4 is 10.2 Å². The molecule has 0 atom stereocenters. The van der Waals surface area contributed by atoms with E-state index in [9.17, 15) is 8.42 Å². The Bertz CT molecular complexity index is 388. The first-order valence-corrected chi connectivity index (χ1v) is 5.20. The van der Waals surface area contributed by atoms with Crippen molar-refractivity contribution in [1.82, 2.24) is 9.71 Å². The molecule has 6 heteroatoms. The highest BCUT2D eigenvalue weighted by atomic mass is 32.2. The molecule has 0 saturated heterocycles. The Hall–Kier alpha value is -0.980. The molecular formula is C7H11N3O2S. The second kappa shape index (κ2) is 3.82. The summed E-state index contributed by atoms with van der Waals surface area (Å²) in [5, 5.41) is 4.77. The van der Waals surface area contributed by atoms with Crippen LogP contribution in [0.25, 0.3) is 0 Å². The van der Waals surface area contributed by atoms with Crippen LogP contribution < -0.4 is 9.86 Å². The molecule has 0 aliphatic heterocycles. The van der Waals surface area contributed by atoms with Gasteiger partial charge in [-0.1, -0.05) is 0 Å². The molecule has 72 valence electrons. The molecule has 0 spiro atoms. The first kappa shape index (κ1) is 10.1. The molecule has 0 aromatic carbocycles. The van der Waals surface area contributed by atoms with Gasteiger partial charge in [-0.05, 0) is 24.1 Å². The lowest BCUT2D eigenvalue weighted by atomic mass is 10.2. The van der Waals surface area contributed by atoms with Gasteiger partial charge in [0, 0.05) is 18.9 Å². The average molecular weight is 201 g/mol. The molecule has 13 heavy (non-hydrogen) atoms. The van der Waals surface area contributed by atoms with Crippen LogP contribution in [0.2, 0.25) is 0 Å². The van der Waals surface area contributed by atoms with Crippen LogP contribution in [0.5, 0.6) is 0 Å². The molecular weight excluding hydrogens is 190 g/mol. The van der Waals surface area contributed by atoms with Crippen molar-refractivity contribution < 1.29 is 8.42 Å². The summed E-state index contributed by atoms with van der Waals surface area (Å²) in [4.78, 5) is 3.87. The highest BCUT2D eigenvalue weighted by Crippen LogP contribution is 2.03. The smallest absolute Gasteiger partial charge is 0.264 e. The number of nitrogens with zero attached hydrogens (tertiary/aromatic N) is 1. The van der Waals surface area contributed by atoms with Crippen molar-refractivity contribution in [1.29, 1.82) is 0 Å². The largest absolute Gasteiger partial charge is 0.274 e. The van der Waals surface area contributed by atoms with Gasteiger partial charge in [0.15, 0.2) is 0 Å². The third-order valence-electron chi connectivity index (χ3n) is 1.61. The zero-order valence-corrected chi connectivity index (χ0v) is 8.00. The lowest BCUT2D eigenvalue weighted by molar-refractivity contribution is 0.583. The van der Waals surface area contributed by atoms with Gasteiger partial charge in [-0.2, -0.15) is 13.1 Å². The molecule has 0 saturated carbocycles. The number of nitrogens with two attached hydrogens (primary N) is 1. The van der Waals surface area contributed by atoms with Crippen LogP contribution in [0.3, 0.4) is 0 Å². The molecule has 0 amide bonds. The van der Waals surface area contributed by atoms with Gasteiger partial charge < -0.3 is 0 Å². The molecule has 5 nitrogen and oxygen atoms in total.